The molecule has 88 valence electrons. The molecule has 0 amide bonds. The van der Waals surface area contributed by atoms with Gasteiger partial charge in [-0.3, -0.25) is 4.98 Å². The number of benzene rings is 1. The summed E-state index contributed by atoms with van der Waals surface area (Å²) < 4.78 is 13.9. The number of rotatable bonds is 3. The largest absolute Gasteiger partial charge is 0.324 e. The second-order valence-corrected chi connectivity index (χ2v) is 4.79. The van der Waals surface area contributed by atoms with E-state index in [1.165, 1.54) is 12.1 Å². The van der Waals surface area contributed by atoms with Gasteiger partial charge >= 0.3 is 0 Å². The van der Waals surface area contributed by atoms with Gasteiger partial charge in [0, 0.05) is 22.9 Å². The minimum Gasteiger partial charge on any atom is -0.324 e. The predicted octanol–water partition coefficient (Wildman–Crippen LogP) is 3.23. The third-order valence-electron chi connectivity index (χ3n) is 2.49. The third-order valence-corrected chi connectivity index (χ3v) is 2.95. The van der Waals surface area contributed by atoms with Gasteiger partial charge in [-0.1, -0.05) is 22.0 Å². The van der Waals surface area contributed by atoms with Crippen LogP contribution in [0.5, 0.6) is 0 Å². The molecule has 0 spiro atoms. The van der Waals surface area contributed by atoms with Crippen molar-refractivity contribution < 1.29 is 4.39 Å². The van der Waals surface area contributed by atoms with Crippen LogP contribution in [0.3, 0.4) is 0 Å². The maximum atomic E-state index is 13.2. The van der Waals surface area contributed by atoms with Crippen molar-refractivity contribution in [2.24, 2.45) is 5.73 Å². The summed E-state index contributed by atoms with van der Waals surface area (Å²) in [5, 5.41) is 0. The van der Waals surface area contributed by atoms with Crippen molar-refractivity contribution in [1.29, 1.82) is 0 Å². The molecule has 1 aromatic heterocycles. The van der Waals surface area contributed by atoms with Crippen LogP contribution in [0, 0.1) is 5.82 Å². The van der Waals surface area contributed by atoms with Crippen LogP contribution in [0.2, 0.25) is 0 Å². The average Bonchev–Trinajstić information content (AvgIpc) is 2.29. The topological polar surface area (TPSA) is 38.9 Å². The first-order valence-electron chi connectivity index (χ1n) is 5.25. The van der Waals surface area contributed by atoms with Gasteiger partial charge in [0.15, 0.2) is 0 Å². The molecule has 2 N–H and O–H groups in total. The monoisotopic (exact) mass is 294 g/mol. The van der Waals surface area contributed by atoms with Crippen molar-refractivity contribution in [1.82, 2.24) is 4.98 Å². The fourth-order valence-electron chi connectivity index (χ4n) is 1.68. The number of pyridine rings is 1. The number of nitrogens with zero attached hydrogens (tertiary/aromatic N) is 1. The first-order valence-corrected chi connectivity index (χ1v) is 6.05. The van der Waals surface area contributed by atoms with E-state index in [0.717, 1.165) is 11.1 Å². The van der Waals surface area contributed by atoms with Crippen LogP contribution in [-0.2, 0) is 6.42 Å². The van der Waals surface area contributed by atoms with Gasteiger partial charge in [0.05, 0.1) is 0 Å². The number of nitrogens with two attached hydrogens (primary N) is 1. The molecule has 0 radical (unpaired) electrons. The van der Waals surface area contributed by atoms with E-state index in [1.807, 2.05) is 18.2 Å². The molecule has 1 unspecified atom stereocenters. The van der Waals surface area contributed by atoms with Gasteiger partial charge in [0.25, 0.3) is 0 Å². The molecular weight excluding hydrogens is 283 g/mol. The molecule has 0 saturated carbocycles. The molecule has 2 aromatic rings. The fraction of sp³-hybridized carbons (Fsp3) is 0.154. The summed E-state index contributed by atoms with van der Waals surface area (Å²) >= 11 is 3.26. The zero-order valence-corrected chi connectivity index (χ0v) is 10.7. The zero-order chi connectivity index (χ0) is 12.3. The van der Waals surface area contributed by atoms with Crippen molar-refractivity contribution in [3.8, 4) is 0 Å². The molecular formula is C13H12BrFN2. The Morgan fingerprint density at radius 2 is 2.18 bits per heavy atom. The number of halogens is 2. The molecule has 4 heteroatoms. The molecule has 0 fully saturated rings. The Bertz CT molecular complexity index is 482. The Hall–Kier alpha value is -1.26. The van der Waals surface area contributed by atoms with Crippen LogP contribution in [0.25, 0.3) is 0 Å². The average molecular weight is 295 g/mol. The summed E-state index contributed by atoms with van der Waals surface area (Å²) in [7, 11) is 0. The normalized spacial score (nSPS) is 12.4. The Morgan fingerprint density at radius 3 is 2.82 bits per heavy atom. The smallest absolute Gasteiger partial charge is 0.124 e. The lowest BCUT2D eigenvalue weighted by Crippen LogP contribution is -2.13. The van der Waals surface area contributed by atoms with Gasteiger partial charge in [0.2, 0.25) is 0 Å². The second kappa shape index (κ2) is 5.38. The minimum absolute atomic E-state index is 0.230. The van der Waals surface area contributed by atoms with Crippen LogP contribution in [0.4, 0.5) is 4.39 Å². The van der Waals surface area contributed by atoms with Crippen molar-refractivity contribution in [2.75, 3.05) is 0 Å². The highest BCUT2D eigenvalue weighted by atomic mass is 79.9. The Morgan fingerprint density at radius 1 is 1.35 bits per heavy atom. The lowest BCUT2D eigenvalue weighted by Gasteiger charge is -2.12. The van der Waals surface area contributed by atoms with Crippen molar-refractivity contribution >= 4 is 15.9 Å². The molecule has 2 rings (SSSR count). The standard InChI is InChI=1S/C13H12BrFN2/c14-11-5-10(6-12(15)7-11)13(16)4-9-2-1-3-17-8-9/h1-3,5-8,13H,4,16H2. The van der Waals surface area contributed by atoms with Crippen LogP contribution >= 0.6 is 15.9 Å². The predicted molar refractivity (Wildman–Crippen MR) is 69.0 cm³/mol. The summed E-state index contributed by atoms with van der Waals surface area (Å²) in [6, 6.07) is 8.31. The first-order chi connectivity index (χ1) is 8.15. The van der Waals surface area contributed by atoms with Crippen molar-refractivity contribution in [3.63, 3.8) is 0 Å². The molecule has 0 bridgehead atoms. The van der Waals surface area contributed by atoms with E-state index >= 15 is 0 Å². The highest BCUT2D eigenvalue weighted by molar-refractivity contribution is 9.10. The van der Waals surface area contributed by atoms with E-state index in [1.54, 1.807) is 12.4 Å². The fourth-order valence-corrected chi connectivity index (χ4v) is 2.16. The van der Waals surface area contributed by atoms with E-state index in [-0.39, 0.29) is 11.9 Å². The summed E-state index contributed by atoms with van der Waals surface area (Å²) in [5.74, 6) is -0.281. The van der Waals surface area contributed by atoms with Crippen molar-refractivity contribution in [3.05, 3.63) is 64.1 Å². The summed E-state index contributed by atoms with van der Waals surface area (Å²) in [6.45, 7) is 0. The van der Waals surface area contributed by atoms with Gasteiger partial charge in [0.1, 0.15) is 5.82 Å². The first kappa shape index (κ1) is 12.2. The highest BCUT2D eigenvalue weighted by Crippen LogP contribution is 2.21. The number of aromatic nitrogens is 1. The molecule has 1 atom stereocenters. The molecule has 0 aliphatic heterocycles. The maximum Gasteiger partial charge on any atom is 0.124 e. The van der Waals surface area contributed by atoms with Crippen molar-refractivity contribution in [2.45, 2.75) is 12.5 Å². The lowest BCUT2D eigenvalue weighted by atomic mass is 10.0. The quantitative estimate of drug-likeness (QED) is 0.944. The van der Waals surface area contributed by atoms with Gasteiger partial charge in [-0.25, -0.2) is 4.39 Å². The summed E-state index contributed by atoms with van der Waals surface area (Å²) in [6.07, 6.45) is 4.13. The highest BCUT2D eigenvalue weighted by Gasteiger charge is 2.09. The van der Waals surface area contributed by atoms with E-state index in [0.29, 0.717) is 10.9 Å². The Kier molecular flexibility index (Phi) is 3.86. The van der Waals surface area contributed by atoms with E-state index in [4.69, 9.17) is 5.73 Å². The van der Waals surface area contributed by atoms with E-state index in [9.17, 15) is 4.39 Å². The van der Waals surface area contributed by atoms with Gasteiger partial charge in [-0.05, 0) is 41.8 Å². The van der Waals surface area contributed by atoms with Gasteiger partial charge in [-0.2, -0.15) is 0 Å². The number of hydrogen-bond acceptors (Lipinski definition) is 2. The molecule has 0 saturated heterocycles. The number of hydrogen-bond donors (Lipinski definition) is 1. The maximum absolute atomic E-state index is 13.2. The summed E-state index contributed by atoms with van der Waals surface area (Å²) in [4.78, 5) is 4.03. The molecule has 2 nitrogen and oxygen atoms in total. The SMILES string of the molecule is NC(Cc1cccnc1)c1cc(F)cc(Br)c1. The van der Waals surface area contributed by atoms with E-state index in [2.05, 4.69) is 20.9 Å². The van der Waals surface area contributed by atoms with Crippen LogP contribution in [0.1, 0.15) is 17.2 Å². The van der Waals surface area contributed by atoms with Gasteiger partial charge < -0.3 is 5.73 Å². The molecule has 17 heavy (non-hydrogen) atoms. The molecule has 0 aliphatic carbocycles. The zero-order valence-electron chi connectivity index (χ0n) is 9.11. The van der Waals surface area contributed by atoms with Gasteiger partial charge in [-0.15, -0.1) is 0 Å². The molecule has 0 aliphatic rings. The summed E-state index contributed by atoms with van der Waals surface area (Å²) in [5.41, 5.74) is 7.87. The Labute approximate surface area is 108 Å². The minimum atomic E-state index is -0.281. The Balaban J connectivity index is 2.17. The van der Waals surface area contributed by atoms with Crippen LogP contribution < -0.4 is 5.73 Å². The van der Waals surface area contributed by atoms with E-state index < -0.39 is 0 Å². The third kappa shape index (κ3) is 3.35. The lowest BCUT2D eigenvalue weighted by molar-refractivity contribution is 0.617. The van der Waals surface area contributed by atoms with Crippen LogP contribution in [-0.4, -0.2) is 4.98 Å². The second-order valence-electron chi connectivity index (χ2n) is 3.87. The van der Waals surface area contributed by atoms with Crippen LogP contribution in [0.15, 0.2) is 47.2 Å². The molecule has 1 heterocycles. The molecule has 1 aromatic carbocycles.